The Kier molecular flexibility index (Phi) is 3.47. The molecule has 0 unspecified atom stereocenters. The van der Waals surface area contributed by atoms with E-state index in [0.29, 0.717) is 28.9 Å². The van der Waals surface area contributed by atoms with E-state index in [2.05, 4.69) is 0 Å². The molecule has 2 aromatic carbocycles. The molecule has 0 bridgehead atoms. The molecule has 120 valence electrons. The van der Waals surface area contributed by atoms with Gasteiger partial charge in [0.1, 0.15) is 0 Å². The Labute approximate surface area is 133 Å². The van der Waals surface area contributed by atoms with Crippen LogP contribution in [0.25, 0.3) is 21.9 Å². The quantitative estimate of drug-likeness (QED) is 0.614. The van der Waals surface area contributed by atoms with Gasteiger partial charge in [0.05, 0.1) is 6.61 Å². The predicted molar refractivity (Wildman–Crippen MR) is 85.8 cm³/mol. The van der Waals surface area contributed by atoms with Crippen molar-refractivity contribution in [3.8, 4) is 5.75 Å². The molecule has 1 aliphatic rings. The van der Waals surface area contributed by atoms with Crippen LogP contribution in [0.3, 0.4) is 0 Å². The third-order valence-electron chi connectivity index (χ3n) is 4.80. The summed E-state index contributed by atoms with van der Waals surface area (Å²) in [7, 11) is 0. The number of furan rings is 1. The number of halogens is 2. The van der Waals surface area contributed by atoms with Gasteiger partial charge >= 0.3 is 0 Å². The second kappa shape index (κ2) is 5.52. The largest absolute Gasteiger partial charge is 0.490 e. The van der Waals surface area contributed by atoms with E-state index in [1.165, 1.54) is 12.8 Å². The van der Waals surface area contributed by atoms with E-state index >= 15 is 0 Å². The highest BCUT2D eigenvalue weighted by Gasteiger charge is 2.20. The maximum Gasteiger partial charge on any atom is 0.208 e. The van der Waals surface area contributed by atoms with E-state index in [-0.39, 0.29) is 16.9 Å². The van der Waals surface area contributed by atoms with Gasteiger partial charge in [-0.2, -0.15) is 4.39 Å². The van der Waals surface area contributed by atoms with Crippen molar-refractivity contribution in [3.05, 3.63) is 41.5 Å². The summed E-state index contributed by atoms with van der Waals surface area (Å²) in [6.45, 7) is 2.19. The summed E-state index contributed by atoms with van der Waals surface area (Å²) in [4.78, 5) is 0. The van der Waals surface area contributed by atoms with Crippen LogP contribution in [-0.2, 0) is 0 Å². The molecule has 1 fully saturated rings. The molecule has 1 saturated carbocycles. The van der Waals surface area contributed by atoms with Crippen molar-refractivity contribution in [3.63, 3.8) is 0 Å². The van der Waals surface area contributed by atoms with Crippen LogP contribution in [0.15, 0.2) is 28.7 Å². The van der Waals surface area contributed by atoms with Crippen molar-refractivity contribution in [1.82, 2.24) is 0 Å². The fourth-order valence-electron chi connectivity index (χ4n) is 3.41. The average Bonchev–Trinajstić information content (AvgIpc) is 3.18. The van der Waals surface area contributed by atoms with Crippen LogP contribution in [0, 0.1) is 24.5 Å². The minimum atomic E-state index is -0.547. The molecule has 4 rings (SSSR count). The second-order valence-corrected chi connectivity index (χ2v) is 6.39. The lowest BCUT2D eigenvalue weighted by Gasteiger charge is -2.11. The van der Waals surface area contributed by atoms with E-state index in [0.717, 1.165) is 12.8 Å². The lowest BCUT2D eigenvalue weighted by atomic mass is 10.1. The highest BCUT2D eigenvalue weighted by Crippen LogP contribution is 2.36. The summed E-state index contributed by atoms with van der Waals surface area (Å²) in [6, 6.07) is 6.79. The summed E-state index contributed by atoms with van der Waals surface area (Å²) >= 11 is 0. The van der Waals surface area contributed by atoms with Crippen molar-refractivity contribution in [2.75, 3.05) is 6.61 Å². The zero-order valence-electron chi connectivity index (χ0n) is 13.0. The third-order valence-corrected chi connectivity index (χ3v) is 4.80. The number of hydrogen-bond donors (Lipinski definition) is 0. The Morgan fingerprint density at radius 2 is 1.65 bits per heavy atom. The molecule has 0 N–H and O–H groups in total. The van der Waals surface area contributed by atoms with Gasteiger partial charge in [0.25, 0.3) is 0 Å². The number of hydrogen-bond acceptors (Lipinski definition) is 2. The molecule has 2 nitrogen and oxygen atoms in total. The zero-order chi connectivity index (χ0) is 16.0. The third kappa shape index (κ3) is 2.37. The number of rotatable bonds is 3. The van der Waals surface area contributed by atoms with Crippen LogP contribution in [0.4, 0.5) is 8.78 Å². The molecule has 0 atom stereocenters. The molecule has 0 saturated heterocycles. The first-order valence-electron chi connectivity index (χ1n) is 8.08. The summed E-state index contributed by atoms with van der Waals surface area (Å²) in [5.74, 6) is -0.304. The average molecular weight is 316 g/mol. The van der Waals surface area contributed by atoms with Gasteiger partial charge in [-0.05, 0) is 43.4 Å². The first kappa shape index (κ1) is 14.5. The minimum absolute atomic E-state index is 0.0634. The fraction of sp³-hybridized carbons (Fsp3) is 0.368. The normalized spacial score (nSPS) is 15.8. The van der Waals surface area contributed by atoms with E-state index < -0.39 is 11.6 Å². The molecule has 3 aromatic rings. The maximum atomic E-state index is 14.7. The Morgan fingerprint density at radius 1 is 1.00 bits per heavy atom. The molecular weight excluding hydrogens is 298 g/mol. The van der Waals surface area contributed by atoms with Crippen molar-refractivity contribution >= 4 is 21.9 Å². The summed E-state index contributed by atoms with van der Waals surface area (Å²) < 4.78 is 40.0. The van der Waals surface area contributed by atoms with Gasteiger partial charge < -0.3 is 9.15 Å². The fourth-order valence-corrected chi connectivity index (χ4v) is 3.41. The Bertz CT molecular complexity index is 876. The van der Waals surface area contributed by atoms with Crippen LogP contribution < -0.4 is 4.74 Å². The number of fused-ring (bicyclic) bond motifs is 3. The van der Waals surface area contributed by atoms with Gasteiger partial charge in [-0.25, -0.2) is 4.39 Å². The molecule has 0 aliphatic heterocycles. The molecular formula is C19H18F2O2. The highest BCUT2D eigenvalue weighted by molar-refractivity contribution is 6.05. The van der Waals surface area contributed by atoms with Crippen LogP contribution in [0.1, 0.15) is 31.2 Å². The van der Waals surface area contributed by atoms with Gasteiger partial charge in [0.2, 0.25) is 5.82 Å². The molecule has 0 radical (unpaired) electrons. The van der Waals surface area contributed by atoms with Crippen molar-refractivity contribution in [2.45, 2.75) is 32.6 Å². The van der Waals surface area contributed by atoms with E-state index in [1.54, 1.807) is 31.2 Å². The topological polar surface area (TPSA) is 22.4 Å². The van der Waals surface area contributed by atoms with Crippen LogP contribution in [0.2, 0.25) is 0 Å². The number of aryl methyl sites for hydroxylation is 1. The van der Waals surface area contributed by atoms with E-state index in [4.69, 9.17) is 9.15 Å². The van der Waals surface area contributed by atoms with Crippen LogP contribution >= 0.6 is 0 Å². The lowest BCUT2D eigenvalue weighted by molar-refractivity contribution is 0.242. The molecule has 1 aliphatic carbocycles. The highest BCUT2D eigenvalue weighted by atomic mass is 19.1. The van der Waals surface area contributed by atoms with Gasteiger partial charge in [-0.1, -0.05) is 25.0 Å². The second-order valence-electron chi connectivity index (χ2n) is 6.39. The van der Waals surface area contributed by atoms with Crippen LogP contribution in [-0.4, -0.2) is 6.61 Å². The van der Waals surface area contributed by atoms with Gasteiger partial charge in [0, 0.05) is 10.8 Å². The smallest absolute Gasteiger partial charge is 0.208 e. The molecule has 4 heteroatoms. The Balaban J connectivity index is 1.75. The van der Waals surface area contributed by atoms with E-state index in [1.807, 2.05) is 0 Å². The van der Waals surface area contributed by atoms with Gasteiger partial charge in [-0.15, -0.1) is 0 Å². The molecule has 0 amide bonds. The van der Waals surface area contributed by atoms with Crippen LogP contribution in [0.5, 0.6) is 5.75 Å². The molecule has 23 heavy (non-hydrogen) atoms. The predicted octanol–water partition coefficient (Wildman–Crippen LogP) is 5.74. The maximum absolute atomic E-state index is 14.7. The minimum Gasteiger partial charge on any atom is -0.490 e. The Hall–Kier alpha value is -2.10. The Morgan fingerprint density at radius 3 is 2.39 bits per heavy atom. The number of ether oxygens (including phenoxy) is 1. The van der Waals surface area contributed by atoms with Crippen molar-refractivity contribution in [1.29, 1.82) is 0 Å². The van der Waals surface area contributed by atoms with Gasteiger partial charge in [-0.3, -0.25) is 0 Å². The standard InChI is InChI=1S/C19H18F2O2/c1-11-6-7-13-14-8-9-15(22-10-12-4-2-3-5-12)17(21)19(14)23-18(13)16(11)20/h6-9,12H,2-5,10H2,1H3. The summed E-state index contributed by atoms with van der Waals surface area (Å²) in [5, 5.41) is 1.16. The summed E-state index contributed by atoms with van der Waals surface area (Å²) in [6.07, 6.45) is 4.72. The van der Waals surface area contributed by atoms with Gasteiger partial charge in [0.15, 0.2) is 22.7 Å². The molecule has 1 aromatic heterocycles. The molecule has 1 heterocycles. The monoisotopic (exact) mass is 316 g/mol. The molecule has 0 spiro atoms. The summed E-state index contributed by atoms with van der Waals surface area (Å²) in [5.41, 5.74) is 0.648. The first-order chi connectivity index (χ1) is 11.1. The lowest BCUT2D eigenvalue weighted by Crippen LogP contribution is -2.08. The van der Waals surface area contributed by atoms with E-state index in [9.17, 15) is 8.78 Å². The SMILES string of the molecule is Cc1ccc2c(oc3c(F)c(OCC4CCCC4)ccc32)c1F. The zero-order valence-corrected chi connectivity index (χ0v) is 13.0. The van der Waals surface area contributed by atoms with Crippen molar-refractivity contribution in [2.24, 2.45) is 5.92 Å². The number of benzene rings is 2. The first-order valence-corrected chi connectivity index (χ1v) is 8.08. The van der Waals surface area contributed by atoms with Crippen molar-refractivity contribution < 1.29 is 17.9 Å².